The van der Waals surface area contributed by atoms with E-state index in [1.807, 2.05) is 24.3 Å². The fourth-order valence-corrected chi connectivity index (χ4v) is 4.56. The van der Waals surface area contributed by atoms with Crippen LogP contribution in [0.5, 0.6) is 0 Å². The van der Waals surface area contributed by atoms with Crippen LogP contribution in [-0.2, 0) is 32.7 Å². The Balaban J connectivity index is 4.59. The van der Waals surface area contributed by atoms with Crippen LogP contribution in [0.15, 0.2) is 36.5 Å². The van der Waals surface area contributed by atoms with Crippen LogP contribution in [0.25, 0.3) is 0 Å². The first-order chi connectivity index (χ1) is 20.7. The molecule has 0 aromatic carbocycles. The minimum atomic E-state index is -4.62. The van der Waals surface area contributed by atoms with Crippen molar-refractivity contribution in [3.05, 3.63) is 36.5 Å². The Morgan fingerprint density at radius 3 is 1.88 bits per heavy atom. The number of aliphatic hydroxyl groups is 2. The summed E-state index contributed by atoms with van der Waals surface area (Å²) in [4.78, 5) is 34.4. The largest absolute Gasteiger partial charge is 0.472 e. The lowest BCUT2D eigenvalue weighted by molar-refractivity contribution is -0.161. The summed E-state index contributed by atoms with van der Waals surface area (Å²) < 4.78 is 32.2. The Kier molecular flexibility index (Phi) is 27.7. The molecule has 0 radical (unpaired) electrons. The Morgan fingerprint density at radius 2 is 1.21 bits per heavy atom. The predicted octanol–water partition coefficient (Wildman–Crippen LogP) is 6.88. The van der Waals surface area contributed by atoms with Crippen molar-refractivity contribution in [3.8, 4) is 0 Å². The van der Waals surface area contributed by atoms with Gasteiger partial charge in [-0.05, 0) is 44.9 Å². The first kappa shape index (κ1) is 41.2. The number of phosphoric ester groups is 1. The SMILES string of the molecule is CCCCC/C=C/CCC(=O)OCC(COP(=O)(O)OC[C@@H](O)CO)OC(=O)CC/C=C/C/C=C/CCCCCCCC. The first-order valence-electron chi connectivity index (χ1n) is 15.9. The second-order valence-corrected chi connectivity index (χ2v) is 11.9. The molecule has 10 nitrogen and oxygen atoms in total. The molecular formula is C32H57O10P. The minimum Gasteiger partial charge on any atom is -0.462 e. The molecule has 0 saturated heterocycles. The second kappa shape index (κ2) is 28.9. The molecule has 0 fully saturated rings. The number of aliphatic hydroxyl groups excluding tert-OH is 2. The van der Waals surface area contributed by atoms with Crippen molar-refractivity contribution in [1.29, 1.82) is 0 Å². The van der Waals surface area contributed by atoms with Crippen LogP contribution >= 0.6 is 7.82 Å². The summed E-state index contributed by atoms with van der Waals surface area (Å²) in [5, 5.41) is 18.1. The summed E-state index contributed by atoms with van der Waals surface area (Å²) in [5.41, 5.74) is 0. The highest BCUT2D eigenvalue weighted by atomic mass is 31.2. The van der Waals surface area contributed by atoms with E-state index in [1.165, 1.54) is 38.5 Å². The maximum atomic E-state index is 12.4. The summed E-state index contributed by atoms with van der Waals surface area (Å²) in [5.74, 6) is -1.08. The highest BCUT2D eigenvalue weighted by molar-refractivity contribution is 7.47. The molecule has 0 aromatic heterocycles. The van der Waals surface area contributed by atoms with E-state index in [0.717, 1.165) is 38.5 Å². The summed E-state index contributed by atoms with van der Waals surface area (Å²) in [6, 6.07) is 0. The Hall–Kier alpha value is -1.81. The normalized spacial score (nSPS) is 14.8. The second-order valence-electron chi connectivity index (χ2n) is 10.5. The molecule has 0 aliphatic heterocycles. The molecule has 3 atom stereocenters. The van der Waals surface area contributed by atoms with E-state index in [1.54, 1.807) is 0 Å². The first-order valence-corrected chi connectivity index (χ1v) is 17.4. The van der Waals surface area contributed by atoms with Crippen molar-refractivity contribution in [2.45, 2.75) is 129 Å². The lowest BCUT2D eigenvalue weighted by Gasteiger charge is -2.20. The molecule has 0 aliphatic carbocycles. The summed E-state index contributed by atoms with van der Waals surface area (Å²) >= 11 is 0. The Labute approximate surface area is 259 Å². The third-order valence-corrected chi connectivity index (χ3v) is 7.24. The molecule has 43 heavy (non-hydrogen) atoms. The zero-order valence-corrected chi connectivity index (χ0v) is 27.3. The lowest BCUT2D eigenvalue weighted by atomic mass is 10.1. The highest BCUT2D eigenvalue weighted by Gasteiger charge is 2.27. The van der Waals surface area contributed by atoms with Gasteiger partial charge in [0, 0.05) is 12.8 Å². The number of phosphoric acid groups is 1. The number of carbonyl (C=O) groups excluding carboxylic acids is 2. The fraction of sp³-hybridized carbons (Fsp3) is 0.750. The molecule has 250 valence electrons. The number of allylic oxidation sites excluding steroid dienone is 6. The number of esters is 2. The zero-order valence-electron chi connectivity index (χ0n) is 26.4. The maximum absolute atomic E-state index is 12.4. The third-order valence-electron chi connectivity index (χ3n) is 6.29. The summed E-state index contributed by atoms with van der Waals surface area (Å²) in [6.07, 6.45) is 24.7. The van der Waals surface area contributed by atoms with Gasteiger partial charge < -0.3 is 24.6 Å². The van der Waals surface area contributed by atoms with E-state index < -0.39 is 51.8 Å². The quantitative estimate of drug-likeness (QED) is 0.0345. The van der Waals surface area contributed by atoms with Gasteiger partial charge in [-0.2, -0.15) is 0 Å². The van der Waals surface area contributed by atoms with Crippen LogP contribution in [0, 0.1) is 0 Å². The molecule has 3 N–H and O–H groups in total. The Bertz CT molecular complexity index is 827. The molecule has 0 amide bonds. The number of rotatable bonds is 29. The number of hydrogen-bond donors (Lipinski definition) is 3. The molecule has 0 bridgehead atoms. The fourth-order valence-electron chi connectivity index (χ4n) is 3.77. The predicted molar refractivity (Wildman–Crippen MR) is 168 cm³/mol. The van der Waals surface area contributed by atoms with Gasteiger partial charge in [0.15, 0.2) is 6.10 Å². The molecule has 0 saturated carbocycles. The van der Waals surface area contributed by atoms with Crippen molar-refractivity contribution in [2.75, 3.05) is 26.4 Å². The average Bonchev–Trinajstić information content (AvgIpc) is 2.99. The van der Waals surface area contributed by atoms with Crippen molar-refractivity contribution >= 4 is 19.8 Å². The van der Waals surface area contributed by atoms with Gasteiger partial charge in [0.1, 0.15) is 12.7 Å². The van der Waals surface area contributed by atoms with Crippen LogP contribution in [0.4, 0.5) is 0 Å². The number of carbonyl (C=O) groups is 2. The molecule has 0 rings (SSSR count). The molecule has 0 spiro atoms. The lowest BCUT2D eigenvalue weighted by Crippen LogP contribution is -2.29. The van der Waals surface area contributed by atoms with Gasteiger partial charge in [-0.1, -0.05) is 95.2 Å². The molecule has 0 aliphatic rings. The average molecular weight is 633 g/mol. The molecular weight excluding hydrogens is 575 g/mol. The van der Waals surface area contributed by atoms with Crippen LogP contribution < -0.4 is 0 Å². The van der Waals surface area contributed by atoms with Gasteiger partial charge in [-0.25, -0.2) is 4.57 Å². The van der Waals surface area contributed by atoms with Gasteiger partial charge in [0.2, 0.25) is 0 Å². The summed E-state index contributed by atoms with van der Waals surface area (Å²) in [7, 11) is -4.62. The van der Waals surface area contributed by atoms with Crippen molar-refractivity contribution in [3.63, 3.8) is 0 Å². The number of ether oxygens (including phenoxy) is 2. The molecule has 0 aromatic rings. The number of hydrogen-bond acceptors (Lipinski definition) is 9. The van der Waals surface area contributed by atoms with Crippen molar-refractivity contribution in [1.82, 2.24) is 0 Å². The third kappa shape index (κ3) is 28.7. The van der Waals surface area contributed by atoms with Crippen molar-refractivity contribution in [2.24, 2.45) is 0 Å². The van der Waals surface area contributed by atoms with Crippen molar-refractivity contribution < 1.29 is 47.8 Å². The number of unbranched alkanes of at least 4 members (excludes halogenated alkanes) is 9. The van der Waals surface area contributed by atoms with Crippen LogP contribution in [0.1, 0.15) is 117 Å². The van der Waals surface area contributed by atoms with E-state index in [0.29, 0.717) is 12.8 Å². The maximum Gasteiger partial charge on any atom is 0.472 e. The van der Waals surface area contributed by atoms with Crippen LogP contribution in [-0.4, -0.2) is 65.7 Å². The smallest absolute Gasteiger partial charge is 0.462 e. The van der Waals surface area contributed by atoms with Gasteiger partial charge >= 0.3 is 19.8 Å². The molecule has 0 heterocycles. The highest BCUT2D eigenvalue weighted by Crippen LogP contribution is 2.43. The van der Waals surface area contributed by atoms with Gasteiger partial charge in [-0.3, -0.25) is 18.6 Å². The van der Waals surface area contributed by atoms with Crippen LogP contribution in [0.3, 0.4) is 0 Å². The zero-order chi connectivity index (χ0) is 32.0. The minimum absolute atomic E-state index is 0.0707. The van der Waals surface area contributed by atoms with E-state index in [-0.39, 0.29) is 19.4 Å². The molecule has 11 heteroatoms. The topological polar surface area (TPSA) is 149 Å². The van der Waals surface area contributed by atoms with Gasteiger partial charge in [-0.15, -0.1) is 0 Å². The Morgan fingerprint density at radius 1 is 0.698 bits per heavy atom. The van der Waals surface area contributed by atoms with E-state index in [9.17, 15) is 24.2 Å². The van der Waals surface area contributed by atoms with E-state index >= 15 is 0 Å². The van der Waals surface area contributed by atoms with Gasteiger partial charge in [0.25, 0.3) is 0 Å². The standard InChI is InChI=1S/C32H57O10P/c1-3-5-7-9-11-12-13-14-15-16-18-20-22-24-32(36)42-30(28-41-43(37,38)40-26-29(34)25-33)27-39-31(35)23-21-19-17-10-8-6-4-2/h14-15,17-20,29-30,33-34H,3-13,16,21-28H2,1-2H3,(H,37,38)/b15-14+,19-17+,20-18+/t29-,30?/m0/s1. The van der Waals surface area contributed by atoms with Gasteiger partial charge in [0.05, 0.1) is 19.8 Å². The van der Waals surface area contributed by atoms with E-state index in [4.69, 9.17) is 19.1 Å². The van der Waals surface area contributed by atoms with E-state index in [2.05, 4.69) is 30.5 Å². The summed E-state index contributed by atoms with van der Waals surface area (Å²) in [6.45, 7) is 2.14. The van der Waals surface area contributed by atoms with Crippen LogP contribution in [0.2, 0.25) is 0 Å². The monoisotopic (exact) mass is 632 g/mol. The molecule has 2 unspecified atom stereocenters.